The first-order valence-corrected chi connectivity index (χ1v) is 7.79. The molecule has 2 rings (SSSR count). The maximum absolute atomic E-state index is 5.90. The lowest BCUT2D eigenvalue weighted by atomic mass is 9.72. The lowest BCUT2D eigenvalue weighted by Gasteiger charge is -2.37. The van der Waals surface area contributed by atoms with Crippen LogP contribution in [0, 0.1) is 17.8 Å². The third-order valence-corrected chi connectivity index (χ3v) is 5.07. The molecule has 0 saturated heterocycles. The van der Waals surface area contributed by atoms with Gasteiger partial charge in [0, 0.05) is 0 Å². The molecule has 1 aliphatic rings. The Morgan fingerprint density at radius 3 is 2.19 bits per heavy atom. The van der Waals surface area contributed by atoms with Gasteiger partial charge in [-0.25, -0.2) is 0 Å². The molecular formula is C17H28N2O2. The van der Waals surface area contributed by atoms with Crippen LogP contribution in [0.3, 0.4) is 0 Å². The average molecular weight is 292 g/mol. The Hall–Kier alpha value is -1.26. The third-order valence-electron chi connectivity index (χ3n) is 5.07. The SMILES string of the molecule is COc1cccc(OC)c1C(NN)C1CCC(C)C(C)C1. The Balaban J connectivity index is 2.33. The van der Waals surface area contributed by atoms with E-state index in [1.807, 2.05) is 18.2 Å². The topological polar surface area (TPSA) is 56.5 Å². The molecule has 118 valence electrons. The molecule has 0 heterocycles. The van der Waals surface area contributed by atoms with Gasteiger partial charge in [-0.15, -0.1) is 0 Å². The van der Waals surface area contributed by atoms with Crippen molar-refractivity contribution in [2.45, 2.75) is 39.2 Å². The highest BCUT2D eigenvalue weighted by atomic mass is 16.5. The highest BCUT2D eigenvalue weighted by Gasteiger charge is 2.33. The van der Waals surface area contributed by atoms with Gasteiger partial charge in [0.15, 0.2) is 0 Å². The molecule has 4 unspecified atom stereocenters. The summed E-state index contributed by atoms with van der Waals surface area (Å²) in [7, 11) is 3.38. The number of hydrazine groups is 1. The van der Waals surface area contributed by atoms with Gasteiger partial charge in [-0.2, -0.15) is 0 Å². The van der Waals surface area contributed by atoms with Crippen LogP contribution in [0.1, 0.15) is 44.7 Å². The fourth-order valence-electron chi connectivity index (χ4n) is 3.53. The van der Waals surface area contributed by atoms with Crippen LogP contribution >= 0.6 is 0 Å². The number of rotatable bonds is 5. The summed E-state index contributed by atoms with van der Waals surface area (Å²) >= 11 is 0. The summed E-state index contributed by atoms with van der Waals surface area (Å²) in [4.78, 5) is 0. The molecule has 1 aliphatic carbocycles. The zero-order valence-corrected chi connectivity index (χ0v) is 13.6. The number of hydrogen-bond donors (Lipinski definition) is 2. The average Bonchev–Trinajstić information content (AvgIpc) is 2.51. The molecule has 4 heteroatoms. The fourth-order valence-corrected chi connectivity index (χ4v) is 3.53. The number of ether oxygens (including phenoxy) is 2. The molecule has 4 atom stereocenters. The van der Waals surface area contributed by atoms with Gasteiger partial charge in [0.1, 0.15) is 11.5 Å². The number of benzene rings is 1. The minimum absolute atomic E-state index is 0.0612. The van der Waals surface area contributed by atoms with Crippen molar-refractivity contribution in [2.24, 2.45) is 23.6 Å². The molecule has 1 saturated carbocycles. The smallest absolute Gasteiger partial charge is 0.127 e. The Bertz CT molecular complexity index is 442. The van der Waals surface area contributed by atoms with Gasteiger partial charge in [0.25, 0.3) is 0 Å². The van der Waals surface area contributed by atoms with E-state index in [4.69, 9.17) is 15.3 Å². The standard InChI is InChI=1S/C17H28N2O2/c1-11-8-9-13(10-12(11)2)17(19-18)16-14(20-3)6-5-7-15(16)21-4/h5-7,11-13,17,19H,8-10,18H2,1-4H3. The molecule has 0 bridgehead atoms. The predicted molar refractivity (Wildman–Crippen MR) is 85.3 cm³/mol. The van der Waals surface area contributed by atoms with Crippen LogP contribution in [0.5, 0.6) is 11.5 Å². The molecule has 0 amide bonds. The number of hydrogen-bond acceptors (Lipinski definition) is 4. The van der Waals surface area contributed by atoms with Crippen molar-refractivity contribution >= 4 is 0 Å². The highest BCUT2D eigenvalue weighted by molar-refractivity contribution is 5.47. The first kappa shape index (κ1) is 16.1. The molecular weight excluding hydrogens is 264 g/mol. The molecule has 21 heavy (non-hydrogen) atoms. The zero-order valence-electron chi connectivity index (χ0n) is 13.6. The highest BCUT2D eigenvalue weighted by Crippen LogP contribution is 2.44. The predicted octanol–water partition coefficient (Wildman–Crippen LogP) is 3.28. The van der Waals surface area contributed by atoms with Crippen LogP contribution in [0.2, 0.25) is 0 Å². The molecule has 0 aliphatic heterocycles. The summed E-state index contributed by atoms with van der Waals surface area (Å²) in [6, 6.07) is 5.94. The van der Waals surface area contributed by atoms with Crippen molar-refractivity contribution in [3.63, 3.8) is 0 Å². The Kier molecular flexibility index (Phi) is 5.48. The van der Waals surface area contributed by atoms with E-state index in [0.29, 0.717) is 5.92 Å². The Morgan fingerprint density at radius 2 is 1.71 bits per heavy atom. The summed E-state index contributed by atoms with van der Waals surface area (Å²) in [5.74, 6) is 9.59. The number of methoxy groups -OCH3 is 2. The molecule has 0 aromatic heterocycles. The second kappa shape index (κ2) is 7.14. The van der Waals surface area contributed by atoms with Gasteiger partial charge < -0.3 is 9.47 Å². The molecule has 1 aromatic rings. The van der Waals surface area contributed by atoms with Gasteiger partial charge in [0.2, 0.25) is 0 Å². The Morgan fingerprint density at radius 1 is 1.10 bits per heavy atom. The maximum Gasteiger partial charge on any atom is 0.127 e. The van der Waals surface area contributed by atoms with E-state index < -0.39 is 0 Å². The van der Waals surface area contributed by atoms with Crippen molar-refractivity contribution in [3.05, 3.63) is 23.8 Å². The van der Waals surface area contributed by atoms with E-state index in [1.165, 1.54) is 19.3 Å². The molecule has 4 nitrogen and oxygen atoms in total. The van der Waals surface area contributed by atoms with E-state index in [-0.39, 0.29) is 6.04 Å². The van der Waals surface area contributed by atoms with E-state index in [9.17, 15) is 0 Å². The fraction of sp³-hybridized carbons (Fsp3) is 0.647. The van der Waals surface area contributed by atoms with Gasteiger partial charge in [-0.3, -0.25) is 11.3 Å². The van der Waals surface area contributed by atoms with Crippen LogP contribution in [0.25, 0.3) is 0 Å². The largest absolute Gasteiger partial charge is 0.496 e. The van der Waals surface area contributed by atoms with E-state index in [1.54, 1.807) is 14.2 Å². The summed E-state index contributed by atoms with van der Waals surface area (Å²) in [5.41, 5.74) is 4.05. The number of nitrogens with one attached hydrogen (secondary N) is 1. The summed E-state index contributed by atoms with van der Waals surface area (Å²) in [5, 5.41) is 0. The molecule has 3 N–H and O–H groups in total. The zero-order chi connectivity index (χ0) is 15.4. The second-order valence-electron chi connectivity index (χ2n) is 6.25. The van der Waals surface area contributed by atoms with E-state index in [2.05, 4.69) is 19.3 Å². The van der Waals surface area contributed by atoms with Gasteiger partial charge in [-0.05, 0) is 42.7 Å². The molecule has 1 fully saturated rings. The summed E-state index contributed by atoms with van der Waals surface area (Å²) < 4.78 is 11.1. The first-order valence-electron chi connectivity index (χ1n) is 7.79. The van der Waals surface area contributed by atoms with Crippen LogP contribution in [-0.4, -0.2) is 14.2 Å². The molecule has 0 radical (unpaired) electrons. The van der Waals surface area contributed by atoms with Crippen molar-refractivity contribution in [1.82, 2.24) is 5.43 Å². The van der Waals surface area contributed by atoms with E-state index >= 15 is 0 Å². The maximum atomic E-state index is 5.90. The van der Waals surface area contributed by atoms with Gasteiger partial charge in [0.05, 0.1) is 25.8 Å². The lowest BCUT2D eigenvalue weighted by Crippen LogP contribution is -2.37. The van der Waals surface area contributed by atoms with Crippen molar-refractivity contribution in [2.75, 3.05) is 14.2 Å². The van der Waals surface area contributed by atoms with Crippen LogP contribution < -0.4 is 20.7 Å². The van der Waals surface area contributed by atoms with Gasteiger partial charge in [-0.1, -0.05) is 26.3 Å². The number of nitrogens with two attached hydrogens (primary N) is 1. The molecule has 1 aromatic carbocycles. The first-order chi connectivity index (χ1) is 10.1. The lowest BCUT2D eigenvalue weighted by molar-refractivity contribution is 0.168. The van der Waals surface area contributed by atoms with Crippen molar-refractivity contribution in [1.29, 1.82) is 0 Å². The van der Waals surface area contributed by atoms with Gasteiger partial charge >= 0.3 is 0 Å². The van der Waals surface area contributed by atoms with E-state index in [0.717, 1.165) is 28.9 Å². The minimum atomic E-state index is 0.0612. The van der Waals surface area contributed by atoms with Crippen LogP contribution in [0.4, 0.5) is 0 Å². The quantitative estimate of drug-likeness (QED) is 0.646. The van der Waals surface area contributed by atoms with Crippen molar-refractivity contribution < 1.29 is 9.47 Å². The summed E-state index contributed by atoms with van der Waals surface area (Å²) in [6.45, 7) is 4.68. The summed E-state index contributed by atoms with van der Waals surface area (Å²) in [6.07, 6.45) is 3.61. The third kappa shape index (κ3) is 3.33. The Labute approximate surface area is 128 Å². The second-order valence-corrected chi connectivity index (χ2v) is 6.25. The van der Waals surface area contributed by atoms with Crippen LogP contribution in [-0.2, 0) is 0 Å². The minimum Gasteiger partial charge on any atom is -0.496 e. The normalized spacial score (nSPS) is 27.2. The van der Waals surface area contributed by atoms with Crippen molar-refractivity contribution in [3.8, 4) is 11.5 Å². The van der Waals surface area contributed by atoms with Crippen LogP contribution in [0.15, 0.2) is 18.2 Å². The molecule has 0 spiro atoms. The monoisotopic (exact) mass is 292 g/mol.